The molecule has 2 unspecified atom stereocenters. The number of hydrogen-bond acceptors (Lipinski definition) is 4. The molecule has 1 heterocycles. The summed E-state index contributed by atoms with van der Waals surface area (Å²) in [7, 11) is 0. The van der Waals surface area contributed by atoms with E-state index in [0.717, 1.165) is 18.2 Å². The van der Waals surface area contributed by atoms with Crippen LogP contribution >= 0.6 is 11.3 Å². The van der Waals surface area contributed by atoms with Crippen LogP contribution in [0.4, 0.5) is 0 Å². The van der Waals surface area contributed by atoms with Crippen LogP contribution in [0.15, 0.2) is 6.20 Å². The number of nitrogens with zero attached hydrogens (tertiary/aromatic N) is 1. The predicted molar refractivity (Wildman–Crippen MR) is 71.0 cm³/mol. The highest BCUT2D eigenvalue weighted by Crippen LogP contribution is 2.29. The van der Waals surface area contributed by atoms with Crippen LogP contribution in [-0.4, -0.2) is 18.1 Å². The third-order valence-electron chi connectivity index (χ3n) is 3.61. The Labute approximate surface area is 107 Å². The monoisotopic (exact) mass is 254 g/mol. The predicted octanol–water partition coefficient (Wildman–Crippen LogP) is 2.73. The molecule has 0 amide bonds. The topological polar surface area (TPSA) is 48.1 Å². The Hall–Kier alpha value is -0.450. The molecule has 2 rings (SSSR count). The molecule has 2 N–H and O–H groups in total. The number of aromatic nitrogens is 1. The van der Waals surface area contributed by atoms with E-state index in [-0.39, 0.29) is 0 Å². The van der Waals surface area contributed by atoms with Crippen LogP contribution < -0.4 is 5.73 Å². The van der Waals surface area contributed by atoms with Gasteiger partial charge in [0.05, 0.1) is 23.1 Å². The first-order valence-corrected chi connectivity index (χ1v) is 7.30. The lowest BCUT2D eigenvalue weighted by atomic mass is 9.80. The third kappa shape index (κ3) is 3.76. The molecule has 1 aromatic heterocycles. The van der Waals surface area contributed by atoms with Crippen molar-refractivity contribution in [2.45, 2.75) is 39.2 Å². The average Bonchev–Trinajstić information content (AvgIpc) is 2.76. The Kier molecular flexibility index (Phi) is 4.95. The number of hydrogen-bond donors (Lipinski definition) is 1. The zero-order valence-corrected chi connectivity index (χ0v) is 11.3. The van der Waals surface area contributed by atoms with Gasteiger partial charge in [-0.25, -0.2) is 4.98 Å². The molecule has 17 heavy (non-hydrogen) atoms. The summed E-state index contributed by atoms with van der Waals surface area (Å²) >= 11 is 1.72. The lowest BCUT2D eigenvalue weighted by Crippen LogP contribution is -2.29. The van der Waals surface area contributed by atoms with Gasteiger partial charge in [-0.05, 0) is 38.1 Å². The molecule has 0 aromatic carbocycles. The molecular weight excluding hydrogens is 232 g/mol. The molecule has 0 bridgehead atoms. The van der Waals surface area contributed by atoms with E-state index in [4.69, 9.17) is 10.5 Å². The van der Waals surface area contributed by atoms with E-state index < -0.39 is 0 Å². The fourth-order valence-electron chi connectivity index (χ4n) is 2.60. The Balaban J connectivity index is 1.73. The minimum Gasteiger partial charge on any atom is -0.376 e. The SMILES string of the molecule is Cc1ncc(COCC2CCCCC2CN)s1. The molecule has 2 atom stereocenters. The van der Waals surface area contributed by atoms with Crippen molar-refractivity contribution in [1.29, 1.82) is 0 Å². The van der Waals surface area contributed by atoms with Crippen LogP contribution in [-0.2, 0) is 11.3 Å². The van der Waals surface area contributed by atoms with Gasteiger partial charge in [-0.3, -0.25) is 0 Å². The van der Waals surface area contributed by atoms with Gasteiger partial charge in [-0.2, -0.15) is 0 Å². The minimum atomic E-state index is 0.669. The zero-order valence-electron chi connectivity index (χ0n) is 10.5. The maximum Gasteiger partial charge on any atom is 0.0897 e. The molecule has 96 valence electrons. The summed E-state index contributed by atoms with van der Waals surface area (Å²) in [5.74, 6) is 1.34. The van der Waals surface area contributed by atoms with Gasteiger partial charge in [0.1, 0.15) is 0 Å². The quantitative estimate of drug-likeness (QED) is 0.879. The normalized spacial score (nSPS) is 25.1. The van der Waals surface area contributed by atoms with Gasteiger partial charge in [0, 0.05) is 6.20 Å². The van der Waals surface area contributed by atoms with Crippen molar-refractivity contribution in [2.75, 3.05) is 13.2 Å². The van der Waals surface area contributed by atoms with Gasteiger partial charge >= 0.3 is 0 Å². The number of ether oxygens (including phenoxy) is 1. The van der Waals surface area contributed by atoms with Crippen LogP contribution in [0.25, 0.3) is 0 Å². The highest BCUT2D eigenvalue weighted by Gasteiger charge is 2.23. The van der Waals surface area contributed by atoms with Crippen LogP contribution in [0.2, 0.25) is 0 Å². The summed E-state index contributed by atoms with van der Waals surface area (Å²) in [5, 5.41) is 1.11. The number of nitrogens with two attached hydrogens (primary N) is 1. The Morgan fingerprint density at radius 2 is 2.18 bits per heavy atom. The van der Waals surface area contributed by atoms with Gasteiger partial charge in [0.25, 0.3) is 0 Å². The largest absolute Gasteiger partial charge is 0.376 e. The van der Waals surface area contributed by atoms with Crippen LogP contribution in [0.5, 0.6) is 0 Å². The Morgan fingerprint density at radius 1 is 1.41 bits per heavy atom. The molecular formula is C13H22N2OS. The van der Waals surface area contributed by atoms with Gasteiger partial charge in [0.15, 0.2) is 0 Å². The molecule has 1 fully saturated rings. The molecule has 1 aliphatic carbocycles. The fraction of sp³-hybridized carbons (Fsp3) is 0.769. The summed E-state index contributed by atoms with van der Waals surface area (Å²) < 4.78 is 5.82. The van der Waals surface area contributed by atoms with Crippen molar-refractivity contribution in [3.05, 3.63) is 16.1 Å². The summed E-state index contributed by atoms with van der Waals surface area (Å²) in [6.07, 6.45) is 7.16. The third-order valence-corrected chi connectivity index (χ3v) is 4.50. The van der Waals surface area contributed by atoms with Crippen molar-refractivity contribution >= 4 is 11.3 Å². The van der Waals surface area contributed by atoms with E-state index in [1.54, 1.807) is 11.3 Å². The molecule has 0 spiro atoms. The lowest BCUT2D eigenvalue weighted by molar-refractivity contribution is 0.0524. The number of rotatable bonds is 5. The molecule has 3 nitrogen and oxygen atoms in total. The maximum atomic E-state index is 5.82. The maximum absolute atomic E-state index is 5.82. The number of aryl methyl sites for hydroxylation is 1. The smallest absolute Gasteiger partial charge is 0.0897 e. The first kappa shape index (κ1) is 13.0. The Morgan fingerprint density at radius 3 is 2.82 bits per heavy atom. The second kappa shape index (κ2) is 6.47. The van der Waals surface area contributed by atoms with Crippen LogP contribution in [0, 0.1) is 18.8 Å². The van der Waals surface area contributed by atoms with Gasteiger partial charge in [-0.15, -0.1) is 11.3 Å². The lowest BCUT2D eigenvalue weighted by Gasteiger charge is -2.30. The standard InChI is InChI=1S/C13H22N2OS/c1-10-15-7-13(17-10)9-16-8-12-5-3-2-4-11(12)6-14/h7,11-12H,2-6,8-9,14H2,1H3. The highest BCUT2D eigenvalue weighted by molar-refractivity contribution is 7.11. The van der Waals surface area contributed by atoms with Crippen LogP contribution in [0.1, 0.15) is 35.6 Å². The first-order valence-electron chi connectivity index (χ1n) is 6.48. The van der Waals surface area contributed by atoms with E-state index in [1.807, 2.05) is 13.1 Å². The van der Waals surface area contributed by atoms with E-state index in [0.29, 0.717) is 18.4 Å². The van der Waals surface area contributed by atoms with Gasteiger partial charge in [-0.1, -0.05) is 12.8 Å². The van der Waals surface area contributed by atoms with Gasteiger partial charge < -0.3 is 10.5 Å². The van der Waals surface area contributed by atoms with Crippen LogP contribution in [0.3, 0.4) is 0 Å². The van der Waals surface area contributed by atoms with Crippen molar-refractivity contribution in [2.24, 2.45) is 17.6 Å². The van der Waals surface area contributed by atoms with E-state index in [1.165, 1.54) is 30.6 Å². The summed E-state index contributed by atoms with van der Waals surface area (Å²) in [4.78, 5) is 5.46. The van der Waals surface area contributed by atoms with Crippen molar-refractivity contribution in [3.8, 4) is 0 Å². The van der Waals surface area contributed by atoms with E-state index in [9.17, 15) is 0 Å². The molecule has 0 saturated heterocycles. The summed E-state index contributed by atoms with van der Waals surface area (Å²) in [5.41, 5.74) is 5.82. The van der Waals surface area contributed by atoms with Crippen molar-refractivity contribution < 1.29 is 4.74 Å². The van der Waals surface area contributed by atoms with E-state index in [2.05, 4.69) is 4.98 Å². The summed E-state index contributed by atoms with van der Waals surface area (Å²) in [6.45, 7) is 4.41. The molecule has 1 aromatic rings. The zero-order chi connectivity index (χ0) is 12.1. The molecule has 1 saturated carbocycles. The summed E-state index contributed by atoms with van der Waals surface area (Å²) in [6, 6.07) is 0. The first-order chi connectivity index (χ1) is 8.29. The highest BCUT2D eigenvalue weighted by atomic mass is 32.1. The molecule has 4 heteroatoms. The number of thiazole rings is 1. The fourth-order valence-corrected chi connectivity index (χ4v) is 3.33. The second-order valence-electron chi connectivity index (χ2n) is 4.90. The average molecular weight is 254 g/mol. The Bertz CT molecular complexity index is 340. The van der Waals surface area contributed by atoms with Gasteiger partial charge in [0.2, 0.25) is 0 Å². The minimum absolute atomic E-state index is 0.669. The van der Waals surface area contributed by atoms with Crippen molar-refractivity contribution in [3.63, 3.8) is 0 Å². The van der Waals surface area contributed by atoms with E-state index >= 15 is 0 Å². The van der Waals surface area contributed by atoms with Crippen molar-refractivity contribution in [1.82, 2.24) is 4.98 Å². The molecule has 1 aliphatic rings. The molecule has 0 radical (unpaired) electrons. The molecule has 0 aliphatic heterocycles. The second-order valence-corrected chi connectivity index (χ2v) is 6.22.